The fourth-order valence-electron chi connectivity index (χ4n) is 4.65. The number of hydrogen-bond acceptors (Lipinski definition) is 4. The Hall–Kier alpha value is -1.15. The van der Waals surface area contributed by atoms with Gasteiger partial charge in [0.25, 0.3) is 0 Å². The minimum Gasteiger partial charge on any atom is -0.300 e. The largest absolute Gasteiger partial charge is 0.300 e. The minimum absolute atomic E-state index is 0.442. The monoisotopic (exact) mass is 342 g/mol. The van der Waals surface area contributed by atoms with Crippen LogP contribution in [0.5, 0.6) is 0 Å². The first kappa shape index (κ1) is 15.4. The molecule has 2 saturated heterocycles. The van der Waals surface area contributed by atoms with Crippen molar-refractivity contribution in [1.29, 1.82) is 5.26 Å². The van der Waals surface area contributed by atoms with Gasteiger partial charge in [0.05, 0.1) is 6.07 Å². The summed E-state index contributed by atoms with van der Waals surface area (Å²) in [4.78, 5) is 5.02. The lowest BCUT2D eigenvalue weighted by Crippen LogP contribution is -2.41. The number of rotatable bonds is 4. The van der Waals surface area contributed by atoms with Gasteiger partial charge >= 0.3 is 0 Å². The van der Waals surface area contributed by atoms with Gasteiger partial charge in [-0.3, -0.25) is 0 Å². The SMILES string of the molecule is CN1C2CCC1CC(CC(C#N)(c1cccs1)c1cccs1)C2. The topological polar surface area (TPSA) is 27.0 Å². The van der Waals surface area contributed by atoms with Crippen LogP contribution in [0, 0.1) is 17.2 Å². The van der Waals surface area contributed by atoms with Crippen molar-refractivity contribution in [2.24, 2.45) is 5.92 Å². The van der Waals surface area contributed by atoms with E-state index in [0.717, 1.165) is 18.5 Å². The fraction of sp³-hybridized carbons (Fsp3) is 0.526. The van der Waals surface area contributed by atoms with E-state index in [-0.39, 0.29) is 0 Å². The van der Waals surface area contributed by atoms with Crippen molar-refractivity contribution in [3.05, 3.63) is 44.8 Å². The highest BCUT2D eigenvalue weighted by molar-refractivity contribution is 7.11. The Bertz CT molecular complexity index is 635. The van der Waals surface area contributed by atoms with Crippen LogP contribution in [0.25, 0.3) is 0 Å². The minimum atomic E-state index is -0.442. The van der Waals surface area contributed by atoms with Crippen molar-refractivity contribution >= 4 is 22.7 Å². The molecule has 0 N–H and O–H groups in total. The van der Waals surface area contributed by atoms with Crippen molar-refractivity contribution in [3.63, 3.8) is 0 Å². The summed E-state index contributed by atoms with van der Waals surface area (Å²) in [5, 5.41) is 14.4. The molecule has 2 aliphatic heterocycles. The molecule has 0 spiro atoms. The summed E-state index contributed by atoms with van der Waals surface area (Å²) in [6, 6.07) is 12.7. The molecule has 4 heteroatoms. The maximum atomic E-state index is 10.2. The fourth-order valence-corrected chi connectivity index (χ4v) is 6.51. The summed E-state index contributed by atoms with van der Waals surface area (Å²) in [7, 11) is 2.29. The lowest BCUT2D eigenvalue weighted by Gasteiger charge is -2.39. The lowest BCUT2D eigenvalue weighted by molar-refractivity contribution is 0.124. The average molecular weight is 343 g/mol. The highest BCUT2D eigenvalue weighted by Crippen LogP contribution is 2.47. The second-order valence-corrected chi connectivity index (χ2v) is 8.96. The van der Waals surface area contributed by atoms with Gasteiger partial charge in [0.1, 0.15) is 5.41 Å². The van der Waals surface area contributed by atoms with Crippen LogP contribution in [0.4, 0.5) is 0 Å². The van der Waals surface area contributed by atoms with Crippen molar-refractivity contribution in [2.75, 3.05) is 7.05 Å². The molecular weight excluding hydrogens is 320 g/mol. The van der Waals surface area contributed by atoms with E-state index in [2.05, 4.69) is 53.0 Å². The zero-order valence-electron chi connectivity index (χ0n) is 13.4. The number of thiophene rings is 2. The molecule has 2 atom stereocenters. The summed E-state index contributed by atoms with van der Waals surface area (Å²) in [5.74, 6) is 0.660. The summed E-state index contributed by atoms with van der Waals surface area (Å²) in [5.41, 5.74) is -0.442. The quantitative estimate of drug-likeness (QED) is 0.791. The normalized spacial score (nSPS) is 27.9. The van der Waals surface area contributed by atoms with Crippen molar-refractivity contribution in [1.82, 2.24) is 4.90 Å². The van der Waals surface area contributed by atoms with E-state index in [4.69, 9.17) is 0 Å². The van der Waals surface area contributed by atoms with Gasteiger partial charge in [-0.2, -0.15) is 5.26 Å². The lowest BCUT2D eigenvalue weighted by atomic mass is 9.74. The molecule has 4 heterocycles. The van der Waals surface area contributed by atoms with E-state index >= 15 is 0 Å². The molecule has 0 aromatic carbocycles. The Morgan fingerprint density at radius 3 is 2.13 bits per heavy atom. The second kappa shape index (κ2) is 6.05. The highest BCUT2D eigenvalue weighted by Gasteiger charge is 2.44. The zero-order chi connectivity index (χ0) is 15.9. The number of nitriles is 1. The molecule has 4 rings (SSSR count). The third-order valence-electron chi connectivity index (χ3n) is 5.87. The van der Waals surface area contributed by atoms with Crippen LogP contribution in [0.15, 0.2) is 35.0 Å². The molecule has 2 bridgehead atoms. The molecule has 2 aromatic heterocycles. The van der Waals surface area contributed by atoms with Gasteiger partial charge in [-0.15, -0.1) is 22.7 Å². The van der Waals surface area contributed by atoms with Gasteiger partial charge in [-0.1, -0.05) is 12.1 Å². The smallest absolute Gasteiger partial charge is 0.126 e. The molecule has 2 nitrogen and oxygen atoms in total. The van der Waals surface area contributed by atoms with Crippen LogP contribution in [-0.2, 0) is 5.41 Å². The van der Waals surface area contributed by atoms with Crippen molar-refractivity contribution < 1.29 is 0 Å². The van der Waals surface area contributed by atoms with Crippen LogP contribution in [-0.4, -0.2) is 24.0 Å². The van der Waals surface area contributed by atoms with Gasteiger partial charge in [0.2, 0.25) is 0 Å². The van der Waals surface area contributed by atoms with Crippen LogP contribution >= 0.6 is 22.7 Å². The van der Waals surface area contributed by atoms with E-state index in [1.54, 1.807) is 22.7 Å². The van der Waals surface area contributed by atoms with Crippen molar-refractivity contribution in [2.45, 2.75) is 49.6 Å². The summed E-state index contributed by atoms with van der Waals surface area (Å²) < 4.78 is 0. The molecule has 120 valence electrons. The third-order valence-corrected chi connectivity index (χ3v) is 7.93. The molecule has 2 aliphatic rings. The summed E-state index contributed by atoms with van der Waals surface area (Å²) in [6.07, 6.45) is 6.18. The van der Waals surface area contributed by atoms with Gasteiger partial charge in [-0.05, 0) is 68.0 Å². The zero-order valence-corrected chi connectivity index (χ0v) is 15.1. The standard InChI is InChI=1S/C19H22N2S2/c1-21-15-6-7-16(21)11-14(10-15)12-19(13-20,17-4-2-8-22-17)18-5-3-9-23-18/h2-5,8-9,14-16H,6-7,10-12H2,1H3. The molecule has 2 unspecified atom stereocenters. The number of piperidine rings is 1. The molecule has 0 amide bonds. The summed E-state index contributed by atoms with van der Waals surface area (Å²) >= 11 is 3.47. The molecule has 0 aliphatic carbocycles. The molecule has 2 aromatic rings. The Kier molecular flexibility index (Phi) is 4.05. The van der Waals surface area contributed by atoms with Crippen LogP contribution in [0.2, 0.25) is 0 Å². The first-order valence-electron chi connectivity index (χ1n) is 8.44. The Balaban J connectivity index is 1.66. The molecule has 0 radical (unpaired) electrons. The Labute approximate surface area is 146 Å². The Morgan fingerprint density at radius 2 is 1.70 bits per heavy atom. The number of fused-ring (bicyclic) bond motifs is 2. The van der Waals surface area contributed by atoms with E-state index < -0.39 is 5.41 Å². The first-order valence-corrected chi connectivity index (χ1v) is 10.2. The first-order chi connectivity index (χ1) is 11.2. The average Bonchev–Trinajstić information content (AvgIpc) is 3.29. The number of hydrogen-bond donors (Lipinski definition) is 0. The second-order valence-electron chi connectivity index (χ2n) is 7.06. The summed E-state index contributed by atoms with van der Waals surface area (Å²) in [6.45, 7) is 0. The maximum Gasteiger partial charge on any atom is 0.126 e. The van der Waals surface area contributed by atoms with Gasteiger partial charge in [0, 0.05) is 21.8 Å². The van der Waals surface area contributed by atoms with Gasteiger partial charge in [-0.25, -0.2) is 0 Å². The molecule has 0 saturated carbocycles. The van der Waals surface area contributed by atoms with E-state index in [1.165, 1.54) is 35.4 Å². The van der Waals surface area contributed by atoms with E-state index in [1.807, 2.05) is 0 Å². The molecular formula is C19H22N2S2. The van der Waals surface area contributed by atoms with Gasteiger partial charge < -0.3 is 4.90 Å². The van der Waals surface area contributed by atoms with Crippen LogP contribution < -0.4 is 0 Å². The highest BCUT2D eigenvalue weighted by atomic mass is 32.1. The molecule has 2 fully saturated rings. The maximum absolute atomic E-state index is 10.2. The van der Waals surface area contributed by atoms with E-state index in [9.17, 15) is 5.26 Å². The third kappa shape index (κ3) is 2.55. The number of nitrogens with zero attached hydrogens (tertiary/aromatic N) is 2. The predicted molar refractivity (Wildman–Crippen MR) is 96.9 cm³/mol. The van der Waals surface area contributed by atoms with Crippen molar-refractivity contribution in [3.8, 4) is 6.07 Å². The van der Waals surface area contributed by atoms with Gasteiger partial charge in [0.15, 0.2) is 0 Å². The predicted octanol–water partition coefficient (Wildman–Crippen LogP) is 4.88. The molecule has 23 heavy (non-hydrogen) atoms. The van der Waals surface area contributed by atoms with Crippen LogP contribution in [0.1, 0.15) is 41.9 Å². The van der Waals surface area contributed by atoms with E-state index in [0.29, 0.717) is 5.92 Å². The van der Waals surface area contributed by atoms with Crippen LogP contribution in [0.3, 0.4) is 0 Å². The Morgan fingerprint density at radius 1 is 1.13 bits per heavy atom.